The lowest BCUT2D eigenvalue weighted by Crippen LogP contribution is -2.48. The molecule has 21 heavy (non-hydrogen) atoms. The summed E-state index contributed by atoms with van der Waals surface area (Å²) < 4.78 is 0. The van der Waals surface area contributed by atoms with E-state index in [1.807, 2.05) is 31.2 Å². The van der Waals surface area contributed by atoms with Crippen LogP contribution in [0, 0.1) is 11.8 Å². The number of aromatic nitrogens is 2. The number of anilines is 1. The molecule has 0 saturated carbocycles. The molecule has 1 aliphatic rings. The maximum atomic E-state index is 12.1. The molecule has 0 bridgehead atoms. The number of rotatable bonds is 4. The summed E-state index contributed by atoms with van der Waals surface area (Å²) in [6, 6.07) is 7.74. The van der Waals surface area contributed by atoms with Crippen molar-refractivity contribution in [2.24, 2.45) is 11.8 Å². The van der Waals surface area contributed by atoms with E-state index < -0.39 is 0 Å². The SMILES string of the molecule is CC(C(=O)Nc1ccc(-c2cncnc2)cc1)C1CNC1. The van der Waals surface area contributed by atoms with Crippen LogP contribution in [0.2, 0.25) is 0 Å². The highest BCUT2D eigenvalue weighted by Crippen LogP contribution is 2.21. The van der Waals surface area contributed by atoms with Crippen LogP contribution in [0.5, 0.6) is 0 Å². The zero-order valence-electron chi connectivity index (χ0n) is 11.9. The molecule has 0 aliphatic carbocycles. The molecule has 1 aliphatic heterocycles. The van der Waals surface area contributed by atoms with Crippen LogP contribution in [-0.4, -0.2) is 29.0 Å². The van der Waals surface area contributed by atoms with E-state index in [2.05, 4.69) is 20.6 Å². The van der Waals surface area contributed by atoms with Gasteiger partial charge in [0.25, 0.3) is 0 Å². The van der Waals surface area contributed by atoms with Gasteiger partial charge in [-0.3, -0.25) is 4.79 Å². The molecule has 1 aromatic carbocycles. The largest absolute Gasteiger partial charge is 0.326 e. The minimum Gasteiger partial charge on any atom is -0.326 e. The van der Waals surface area contributed by atoms with Crippen molar-refractivity contribution in [2.45, 2.75) is 6.92 Å². The van der Waals surface area contributed by atoms with Crippen molar-refractivity contribution in [3.63, 3.8) is 0 Å². The quantitative estimate of drug-likeness (QED) is 0.899. The van der Waals surface area contributed by atoms with Crippen LogP contribution in [0.25, 0.3) is 11.1 Å². The number of hydrogen-bond acceptors (Lipinski definition) is 4. The summed E-state index contributed by atoms with van der Waals surface area (Å²) in [5.74, 6) is 0.566. The fraction of sp³-hybridized carbons (Fsp3) is 0.312. The van der Waals surface area contributed by atoms with Crippen LogP contribution in [0.3, 0.4) is 0 Å². The van der Waals surface area contributed by atoms with Gasteiger partial charge in [-0.1, -0.05) is 19.1 Å². The van der Waals surface area contributed by atoms with E-state index in [0.717, 1.165) is 29.9 Å². The maximum Gasteiger partial charge on any atom is 0.227 e. The lowest BCUT2D eigenvalue weighted by atomic mass is 9.88. The van der Waals surface area contributed by atoms with Crippen LogP contribution in [0.15, 0.2) is 43.0 Å². The van der Waals surface area contributed by atoms with Gasteiger partial charge in [0.15, 0.2) is 0 Å². The summed E-state index contributed by atoms with van der Waals surface area (Å²) in [4.78, 5) is 20.1. The van der Waals surface area contributed by atoms with E-state index in [0.29, 0.717) is 5.92 Å². The van der Waals surface area contributed by atoms with E-state index in [1.54, 1.807) is 12.4 Å². The van der Waals surface area contributed by atoms with Crippen LogP contribution >= 0.6 is 0 Å². The first kappa shape index (κ1) is 13.7. The average molecular weight is 282 g/mol. The summed E-state index contributed by atoms with van der Waals surface area (Å²) in [6.45, 7) is 3.85. The van der Waals surface area contributed by atoms with Gasteiger partial charge in [0.1, 0.15) is 6.33 Å². The minimum absolute atomic E-state index is 0.0356. The molecule has 0 radical (unpaired) electrons. The molecule has 108 valence electrons. The lowest BCUT2D eigenvalue weighted by molar-refractivity contribution is -0.121. The predicted octanol–water partition coefficient (Wildman–Crippen LogP) is 1.94. The van der Waals surface area contributed by atoms with Gasteiger partial charge >= 0.3 is 0 Å². The van der Waals surface area contributed by atoms with E-state index in [1.165, 1.54) is 6.33 Å². The van der Waals surface area contributed by atoms with Gasteiger partial charge in [0, 0.05) is 29.6 Å². The number of benzene rings is 1. The third-order valence-electron chi connectivity index (χ3n) is 3.98. The first-order chi connectivity index (χ1) is 10.2. The Morgan fingerprint density at radius 2 is 1.86 bits per heavy atom. The summed E-state index contributed by atoms with van der Waals surface area (Å²) in [5, 5.41) is 6.17. The van der Waals surface area contributed by atoms with Crippen molar-refractivity contribution in [1.82, 2.24) is 15.3 Å². The first-order valence-corrected chi connectivity index (χ1v) is 7.11. The molecule has 0 spiro atoms. The highest BCUT2D eigenvalue weighted by atomic mass is 16.1. The molecule has 1 unspecified atom stereocenters. The second-order valence-electron chi connectivity index (χ2n) is 5.40. The van der Waals surface area contributed by atoms with Gasteiger partial charge < -0.3 is 10.6 Å². The van der Waals surface area contributed by atoms with Crippen molar-refractivity contribution < 1.29 is 4.79 Å². The van der Waals surface area contributed by atoms with Gasteiger partial charge in [-0.05, 0) is 36.7 Å². The van der Waals surface area contributed by atoms with E-state index in [9.17, 15) is 4.79 Å². The van der Waals surface area contributed by atoms with Gasteiger partial charge in [0.05, 0.1) is 0 Å². The fourth-order valence-corrected chi connectivity index (χ4v) is 2.33. The van der Waals surface area contributed by atoms with Gasteiger partial charge in [-0.25, -0.2) is 9.97 Å². The van der Waals surface area contributed by atoms with Gasteiger partial charge in [0.2, 0.25) is 5.91 Å². The molecule has 1 fully saturated rings. The van der Waals surface area contributed by atoms with Crippen LogP contribution in [-0.2, 0) is 4.79 Å². The average Bonchev–Trinajstić information content (AvgIpc) is 2.47. The van der Waals surface area contributed by atoms with E-state index in [4.69, 9.17) is 0 Å². The molecular weight excluding hydrogens is 264 g/mol. The normalized spacial score (nSPS) is 16.0. The highest BCUT2D eigenvalue weighted by Gasteiger charge is 2.28. The van der Waals surface area contributed by atoms with Crippen molar-refractivity contribution >= 4 is 11.6 Å². The molecule has 1 atom stereocenters. The Hall–Kier alpha value is -2.27. The summed E-state index contributed by atoms with van der Waals surface area (Å²) >= 11 is 0. The Labute approximate surface area is 123 Å². The molecule has 2 N–H and O–H groups in total. The number of hydrogen-bond donors (Lipinski definition) is 2. The standard InChI is InChI=1S/C16H18N4O/c1-11(13-6-17-7-13)16(21)20-15-4-2-12(3-5-15)14-8-18-10-19-9-14/h2-5,8-11,13,17H,6-7H2,1H3,(H,20,21). The minimum atomic E-state index is 0.0356. The summed E-state index contributed by atoms with van der Waals surface area (Å²) in [5.41, 5.74) is 2.81. The molecule has 3 rings (SSSR count). The smallest absolute Gasteiger partial charge is 0.227 e. The predicted molar refractivity (Wildman–Crippen MR) is 81.6 cm³/mol. The van der Waals surface area contributed by atoms with Crippen molar-refractivity contribution in [3.05, 3.63) is 43.0 Å². The number of nitrogens with zero attached hydrogens (tertiary/aromatic N) is 2. The van der Waals surface area contributed by atoms with Crippen molar-refractivity contribution in [3.8, 4) is 11.1 Å². The molecule has 1 saturated heterocycles. The van der Waals surface area contributed by atoms with Crippen LogP contribution < -0.4 is 10.6 Å². The van der Waals surface area contributed by atoms with E-state index >= 15 is 0 Å². The Bertz CT molecular complexity index is 608. The third kappa shape index (κ3) is 3.08. The molecule has 1 amide bonds. The van der Waals surface area contributed by atoms with Crippen LogP contribution in [0.4, 0.5) is 5.69 Å². The van der Waals surface area contributed by atoms with Crippen molar-refractivity contribution in [1.29, 1.82) is 0 Å². The monoisotopic (exact) mass is 282 g/mol. The zero-order valence-corrected chi connectivity index (χ0v) is 11.9. The Morgan fingerprint density at radius 1 is 1.19 bits per heavy atom. The lowest BCUT2D eigenvalue weighted by Gasteiger charge is -2.31. The van der Waals surface area contributed by atoms with Gasteiger partial charge in [-0.15, -0.1) is 0 Å². The maximum absolute atomic E-state index is 12.1. The second kappa shape index (κ2) is 6.01. The molecule has 5 heteroatoms. The first-order valence-electron chi connectivity index (χ1n) is 7.11. The highest BCUT2D eigenvalue weighted by molar-refractivity contribution is 5.92. The fourth-order valence-electron chi connectivity index (χ4n) is 2.33. The Morgan fingerprint density at radius 3 is 2.43 bits per heavy atom. The molecule has 2 aromatic rings. The number of amides is 1. The molecule has 5 nitrogen and oxygen atoms in total. The summed E-state index contributed by atoms with van der Waals surface area (Å²) in [6.07, 6.45) is 5.05. The third-order valence-corrected chi connectivity index (χ3v) is 3.98. The van der Waals surface area contributed by atoms with Crippen LogP contribution in [0.1, 0.15) is 6.92 Å². The second-order valence-corrected chi connectivity index (χ2v) is 5.40. The van der Waals surface area contributed by atoms with E-state index in [-0.39, 0.29) is 11.8 Å². The zero-order chi connectivity index (χ0) is 14.7. The van der Waals surface area contributed by atoms with Gasteiger partial charge in [-0.2, -0.15) is 0 Å². The molecule has 1 aromatic heterocycles. The Kier molecular flexibility index (Phi) is 3.92. The van der Waals surface area contributed by atoms with Crippen molar-refractivity contribution in [2.75, 3.05) is 18.4 Å². The topological polar surface area (TPSA) is 66.9 Å². The molecular formula is C16H18N4O. The molecule has 2 heterocycles. The summed E-state index contributed by atoms with van der Waals surface area (Å²) in [7, 11) is 0. The number of carbonyl (C=O) groups excluding carboxylic acids is 1. The number of carbonyl (C=O) groups is 1. The Balaban J connectivity index is 1.65. The number of nitrogens with one attached hydrogen (secondary N) is 2.